The Balaban J connectivity index is 0.000000223. The first-order valence-corrected chi connectivity index (χ1v) is 26.0. The summed E-state index contributed by atoms with van der Waals surface area (Å²) in [6.07, 6.45) is -9.35. The van der Waals surface area contributed by atoms with E-state index in [1.165, 1.54) is 21.3 Å². The second-order valence-electron chi connectivity index (χ2n) is 18.7. The molecular weight excluding hydrogens is 1070 g/mol. The molecule has 0 amide bonds. The summed E-state index contributed by atoms with van der Waals surface area (Å²) in [5.74, 6) is -0.400. The van der Waals surface area contributed by atoms with Gasteiger partial charge >= 0.3 is 24.3 Å². The quantitative estimate of drug-likeness (QED) is 0.0877. The second kappa shape index (κ2) is 25.3. The van der Waals surface area contributed by atoms with Crippen molar-refractivity contribution < 1.29 is 55.6 Å². The molecule has 0 saturated carbocycles. The van der Waals surface area contributed by atoms with E-state index in [0.717, 1.165) is 45.5 Å². The molecule has 18 heteroatoms. The van der Waals surface area contributed by atoms with Gasteiger partial charge in [0.25, 0.3) is 11.1 Å². The molecule has 10 rings (SSSR count). The van der Waals surface area contributed by atoms with E-state index < -0.39 is 46.5 Å². The predicted molar refractivity (Wildman–Crippen MR) is 306 cm³/mol. The molecule has 0 unspecified atom stereocenters. The number of rotatable bonds is 12. The van der Waals surface area contributed by atoms with Crippen molar-refractivity contribution in [2.75, 3.05) is 0 Å². The van der Waals surface area contributed by atoms with Crippen molar-refractivity contribution >= 4 is 33.7 Å². The minimum absolute atomic E-state index is 0.0551. The molecule has 6 aromatic carbocycles. The minimum Gasteiger partial charge on any atom is -0.477 e. The number of nitrogens with zero attached hydrogens (tertiary/aromatic N) is 2. The number of aromatic amines is 2. The lowest BCUT2D eigenvalue weighted by molar-refractivity contribution is -0.138. The number of ether oxygens (including phenoxy) is 2. The van der Waals surface area contributed by atoms with E-state index in [1.807, 2.05) is 91.8 Å². The topological polar surface area (TPSA) is 169 Å². The van der Waals surface area contributed by atoms with Gasteiger partial charge in [0.15, 0.2) is 0 Å². The highest BCUT2D eigenvalue weighted by Crippen LogP contribution is 2.36. The van der Waals surface area contributed by atoms with E-state index in [9.17, 15) is 45.5 Å². The van der Waals surface area contributed by atoms with Crippen LogP contribution in [-0.4, -0.2) is 41.3 Å². The Morgan fingerprint density at radius 1 is 0.451 bits per heavy atom. The summed E-state index contributed by atoms with van der Waals surface area (Å²) in [5.41, 5.74) is 4.60. The highest BCUT2D eigenvalue weighted by atomic mass is 19.4. The van der Waals surface area contributed by atoms with Crippen LogP contribution >= 0.6 is 0 Å². The molecule has 0 fully saturated rings. The van der Waals surface area contributed by atoms with Crippen LogP contribution in [0.5, 0.6) is 23.0 Å². The van der Waals surface area contributed by atoms with E-state index >= 15 is 0 Å². The minimum atomic E-state index is -4.67. The first kappa shape index (κ1) is 60.1. The number of hydrogen-bond acceptors (Lipinski definition) is 6. The Labute approximate surface area is 467 Å². The molecule has 10 aromatic rings. The van der Waals surface area contributed by atoms with Gasteiger partial charge in [0.2, 0.25) is 0 Å². The predicted octanol–water partition coefficient (Wildman–Crippen LogP) is 16.4. The Morgan fingerprint density at radius 3 is 1.11 bits per heavy atom. The summed E-state index contributed by atoms with van der Waals surface area (Å²) < 4.78 is 96.0. The van der Waals surface area contributed by atoms with Crippen molar-refractivity contribution in [3.05, 3.63) is 234 Å². The fraction of sp³-hybridized carbons (Fsp3) is 0.188. The van der Waals surface area contributed by atoms with Crippen molar-refractivity contribution in [3.8, 4) is 45.5 Å². The van der Waals surface area contributed by atoms with E-state index in [0.29, 0.717) is 68.1 Å². The molecule has 4 N–H and O–H groups in total. The summed E-state index contributed by atoms with van der Waals surface area (Å²) >= 11 is 0. The van der Waals surface area contributed by atoms with Crippen LogP contribution in [0, 0.1) is 27.7 Å². The molecule has 0 radical (unpaired) electrons. The number of alkyl halides is 6. The van der Waals surface area contributed by atoms with Gasteiger partial charge in [-0.15, -0.1) is 0 Å². The van der Waals surface area contributed by atoms with Gasteiger partial charge in [-0.1, -0.05) is 75.2 Å². The lowest BCUT2D eigenvalue weighted by Crippen LogP contribution is -2.24. The number of aromatic nitrogens is 4. The molecule has 12 nitrogen and oxygen atoms in total. The van der Waals surface area contributed by atoms with E-state index in [1.54, 1.807) is 84.9 Å². The standard InChI is InChI=1S/2C30H23F3N2O4.2C2H6/c2*1-17-3-4-20(18(2)11-17)16-35-27(14-22(15-28(35)36)30(31,32)33)19-5-7-23(8-6-19)39-24-9-10-25-21(12-24)13-26(34-25)29(37)38;2*1-2/h2*3-15,34H,16H2,1-2H3,(H,37,38);2*1-2H3. The highest BCUT2D eigenvalue weighted by Gasteiger charge is 2.33. The van der Waals surface area contributed by atoms with Gasteiger partial charge in [-0.3, -0.25) is 9.59 Å². The smallest absolute Gasteiger partial charge is 0.416 e. The Hall–Kier alpha value is -9.58. The van der Waals surface area contributed by atoms with Crippen LogP contribution in [0.15, 0.2) is 167 Å². The summed E-state index contributed by atoms with van der Waals surface area (Å²) in [7, 11) is 0. The molecule has 0 atom stereocenters. The van der Waals surface area contributed by atoms with E-state index in [-0.39, 0.29) is 35.9 Å². The monoisotopic (exact) mass is 1120 g/mol. The second-order valence-corrected chi connectivity index (χ2v) is 18.7. The van der Waals surface area contributed by atoms with Crippen molar-refractivity contribution in [3.63, 3.8) is 0 Å². The highest BCUT2D eigenvalue weighted by molar-refractivity contribution is 5.95. The van der Waals surface area contributed by atoms with E-state index in [2.05, 4.69) is 9.97 Å². The lowest BCUT2D eigenvalue weighted by Gasteiger charge is -2.18. The molecule has 0 aliphatic carbocycles. The van der Waals surface area contributed by atoms with Crippen LogP contribution in [0.4, 0.5) is 26.3 Å². The van der Waals surface area contributed by atoms with Crippen LogP contribution in [-0.2, 0) is 25.4 Å². The van der Waals surface area contributed by atoms with Crippen LogP contribution in [0.2, 0.25) is 0 Å². The van der Waals surface area contributed by atoms with Gasteiger partial charge in [0.1, 0.15) is 34.4 Å². The number of fused-ring (bicyclic) bond motifs is 2. The first-order chi connectivity index (χ1) is 38.9. The van der Waals surface area contributed by atoms with Crippen LogP contribution in [0.1, 0.15) is 93.2 Å². The third-order valence-corrected chi connectivity index (χ3v) is 13.0. The van der Waals surface area contributed by atoms with Crippen LogP contribution in [0.25, 0.3) is 44.3 Å². The Kier molecular flexibility index (Phi) is 18.5. The zero-order valence-corrected chi connectivity index (χ0v) is 45.9. The third kappa shape index (κ3) is 14.2. The average molecular weight is 1130 g/mol. The number of benzene rings is 6. The molecule has 0 bridgehead atoms. The van der Waals surface area contributed by atoms with Gasteiger partial charge in [0.05, 0.1) is 35.6 Å². The fourth-order valence-corrected chi connectivity index (χ4v) is 8.95. The summed E-state index contributed by atoms with van der Waals surface area (Å²) in [5, 5.41) is 19.6. The zero-order chi connectivity index (χ0) is 59.8. The summed E-state index contributed by atoms with van der Waals surface area (Å²) in [4.78, 5) is 53.8. The molecular formula is C64H58F6N4O8. The van der Waals surface area contributed by atoms with Crippen molar-refractivity contribution in [2.45, 2.75) is 80.8 Å². The normalized spacial score (nSPS) is 11.2. The number of H-pyrrole nitrogens is 2. The van der Waals surface area contributed by atoms with Crippen LogP contribution in [0.3, 0.4) is 0 Å². The maximum atomic E-state index is 13.6. The fourth-order valence-electron chi connectivity index (χ4n) is 8.95. The number of carbonyl (C=O) groups is 2. The van der Waals surface area contributed by atoms with Gasteiger partial charge in [0, 0.05) is 33.9 Å². The Morgan fingerprint density at radius 2 is 0.793 bits per heavy atom. The largest absolute Gasteiger partial charge is 0.477 e. The third-order valence-electron chi connectivity index (χ3n) is 13.0. The van der Waals surface area contributed by atoms with Crippen molar-refractivity contribution in [1.82, 2.24) is 19.1 Å². The number of halogens is 6. The van der Waals surface area contributed by atoms with Gasteiger partial charge in [-0.2, -0.15) is 26.3 Å². The SMILES string of the molecule is CC.CC.Cc1ccc(Cn2c(-c3ccc(Oc4ccc5[nH]c(C(=O)O)cc5c4)cc3)cc(C(F)(F)F)cc2=O)c(C)c1.Cc1ccc(Cn2c(-c3ccc(Oc4ccc5[nH]c(C(=O)O)cc5c4)cc3)cc(C(F)(F)F)cc2=O)c(C)c1. The number of carboxylic acids is 2. The number of pyridine rings is 2. The molecule has 0 saturated heterocycles. The maximum absolute atomic E-state index is 13.6. The van der Waals surface area contributed by atoms with Crippen molar-refractivity contribution in [2.24, 2.45) is 0 Å². The molecule has 82 heavy (non-hydrogen) atoms. The summed E-state index contributed by atoms with van der Waals surface area (Å²) in [6, 6.07) is 40.6. The summed E-state index contributed by atoms with van der Waals surface area (Å²) in [6.45, 7) is 15.9. The first-order valence-electron chi connectivity index (χ1n) is 26.0. The molecule has 424 valence electrons. The molecule has 4 heterocycles. The number of aromatic carboxylic acids is 2. The number of carboxylic acid groups (broad SMARTS) is 2. The number of hydrogen-bond donors (Lipinski definition) is 4. The van der Waals surface area contributed by atoms with Crippen LogP contribution < -0.4 is 20.6 Å². The van der Waals surface area contributed by atoms with E-state index in [4.69, 9.17) is 19.7 Å². The molecule has 0 aliphatic rings. The molecule has 0 spiro atoms. The average Bonchev–Trinajstić information content (AvgIpc) is 3.83. The molecule has 4 aromatic heterocycles. The van der Waals surface area contributed by atoms with Crippen molar-refractivity contribution in [1.29, 1.82) is 0 Å². The number of nitrogens with one attached hydrogen (secondary N) is 2. The zero-order valence-electron chi connectivity index (χ0n) is 45.9. The Bertz CT molecular complexity index is 3800. The van der Waals surface area contributed by atoms with Gasteiger partial charge < -0.3 is 38.8 Å². The molecule has 0 aliphatic heterocycles. The maximum Gasteiger partial charge on any atom is 0.416 e. The number of aryl methyl sites for hydroxylation is 4. The lowest BCUT2D eigenvalue weighted by atomic mass is 10.0. The van der Waals surface area contributed by atoms with Gasteiger partial charge in [-0.05, 0) is 170 Å². The van der Waals surface area contributed by atoms with Gasteiger partial charge in [-0.25, -0.2) is 9.59 Å².